The minimum absolute atomic E-state index is 0.0468. The van der Waals surface area contributed by atoms with Gasteiger partial charge in [0.15, 0.2) is 0 Å². The van der Waals surface area contributed by atoms with E-state index in [0.717, 1.165) is 27.6 Å². The van der Waals surface area contributed by atoms with Crippen LogP contribution in [-0.2, 0) is 0 Å². The van der Waals surface area contributed by atoms with Crippen LogP contribution >= 0.6 is 34.5 Å². The van der Waals surface area contributed by atoms with E-state index in [-0.39, 0.29) is 11.1 Å². The summed E-state index contributed by atoms with van der Waals surface area (Å²) >= 11 is 14.5. The number of para-hydroxylation sites is 1. The van der Waals surface area contributed by atoms with E-state index in [2.05, 4.69) is 0 Å². The second-order valence-corrected chi connectivity index (χ2v) is 8.89. The number of ether oxygens (including phenoxy) is 1. The molecule has 2 aromatic carbocycles. The number of thiophene rings is 1. The minimum Gasteiger partial charge on any atom is -0.497 e. The van der Waals surface area contributed by atoms with Gasteiger partial charge in [-0.1, -0.05) is 29.3 Å². The van der Waals surface area contributed by atoms with Crippen LogP contribution in [0.15, 0.2) is 72.3 Å². The van der Waals surface area contributed by atoms with Crippen molar-refractivity contribution in [2.45, 2.75) is 0 Å². The van der Waals surface area contributed by atoms with Crippen molar-refractivity contribution < 1.29 is 4.74 Å². The van der Waals surface area contributed by atoms with Gasteiger partial charge in [-0.2, -0.15) is 15.8 Å². The molecule has 0 aliphatic heterocycles. The molecule has 0 bridgehead atoms. The smallest absolute Gasteiger partial charge is 0.148 e. The van der Waals surface area contributed by atoms with Gasteiger partial charge < -0.3 is 9.30 Å². The Morgan fingerprint density at radius 1 is 0.824 bits per heavy atom. The van der Waals surface area contributed by atoms with E-state index >= 15 is 0 Å². The summed E-state index contributed by atoms with van der Waals surface area (Å²) in [5.74, 6) is 0.738. The fourth-order valence-electron chi connectivity index (χ4n) is 3.54. The number of hydrogen-bond donors (Lipinski definition) is 0. The van der Waals surface area contributed by atoms with Gasteiger partial charge in [-0.05, 0) is 66.2 Å². The van der Waals surface area contributed by atoms with Crippen LogP contribution in [0.4, 0.5) is 0 Å². The molecule has 4 aromatic rings. The van der Waals surface area contributed by atoms with Gasteiger partial charge in [-0.15, -0.1) is 11.3 Å². The van der Waals surface area contributed by atoms with Crippen LogP contribution < -0.4 is 4.74 Å². The number of aromatic nitrogens is 1. The Bertz CT molecular complexity index is 1510. The highest BCUT2D eigenvalue weighted by Gasteiger charge is 2.20. The van der Waals surface area contributed by atoms with Crippen molar-refractivity contribution in [3.05, 3.63) is 87.2 Å². The average Bonchev–Trinajstić information content (AvgIpc) is 3.50. The van der Waals surface area contributed by atoms with E-state index in [1.54, 1.807) is 43.5 Å². The van der Waals surface area contributed by atoms with Gasteiger partial charge in [-0.3, -0.25) is 0 Å². The zero-order valence-electron chi connectivity index (χ0n) is 17.7. The first-order chi connectivity index (χ1) is 16.5. The molecule has 0 spiro atoms. The summed E-state index contributed by atoms with van der Waals surface area (Å²) in [5, 5.41) is 28.9. The molecule has 0 amide bonds. The topological polar surface area (TPSA) is 85.5 Å². The van der Waals surface area contributed by atoms with Gasteiger partial charge in [0.2, 0.25) is 0 Å². The maximum atomic E-state index is 9.54. The van der Waals surface area contributed by atoms with E-state index in [1.807, 2.05) is 53.1 Å². The lowest BCUT2D eigenvalue weighted by Gasteiger charge is -2.16. The predicted octanol–water partition coefficient (Wildman–Crippen LogP) is 7.51. The Kier molecular flexibility index (Phi) is 6.73. The van der Waals surface area contributed by atoms with Crippen LogP contribution in [0.2, 0.25) is 10.0 Å². The monoisotopic (exact) mass is 500 g/mol. The third kappa shape index (κ3) is 4.17. The van der Waals surface area contributed by atoms with Crippen molar-refractivity contribution in [3.63, 3.8) is 0 Å². The third-order valence-electron chi connectivity index (χ3n) is 5.12. The molecular formula is C26H14Cl2N4OS. The Morgan fingerprint density at radius 2 is 1.47 bits per heavy atom. The van der Waals surface area contributed by atoms with E-state index in [0.29, 0.717) is 20.6 Å². The van der Waals surface area contributed by atoms with Crippen LogP contribution in [0.25, 0.3) is 33.1 Å². The maximum Gasteiger partial charge on any atom is 0.148 e. The molecule has 0 aliphatic carbocycles. The fourth-order valence-corrected chi connectivity index (χ4v) is 5.13. The summed E-state index contributed by atoms with van der Waals surface area (Å²) in [5.41, 5.74) is 3.02. The second kappa shape index (κ2) is 9.87. The standard InChI is InChI=1S/C26H14Cl2N4OS/c1-33-18-7-5-16(6-8-18)22-9-10-23(32(22)26-20(27)3-2-4-21(26)28)25-12-11-24(34-25)19(15-31)17(13-29)14-30/h2-12H,1H3. The zero-order chi connectivity index (χ0) is 24.2. The first kappa shape index (κ1) is 23.2. The summed E-state index contributed by atoms with van der Waals surface area (Å²) in [6, 6.07) is 26.0. The van der Waals surface area contributed by atoms with Gasteiger partial charge in [-0.25, -0.2) is 0 Å². The molecule has 164 valence electrons. The SMILES string of the molecule is COc1ccc(-c2ccc(-c3ccc(C(C#N)=C(C#N)C#N)s3)n2-c2c(Cl)cccc2Cl)cc1. The van der Waals surface area contributed by atoms with Gasteiger partial charge in [0.05, 0.1) is 44.7 Å². The van der Waals surface area contributed by atoms with Gasteiger partial charge in [0.1, 0.15) is 29.5 Å². The quantitative estimate of drug-likeness (QED) is 0.265. The molecule has 4 rings (SSSR count). The highest BCUT2D eigenvalue weighted by molar-refractivity contribution is 7.16. The van der Waals surface area contributed by atoms with Gasteiger partial charge in [0.25, 0.3) is 0 Å². The summed E-state index contributed by atoms with van der Waals surface area (Å²) < 4.78 is 7.25. The maximum absolute atomic E-state index is 9.54. The number of halogens is 2. The average molecular weight is 501 g/mol. The summed E-state index contributed by atoms with van der Waals surface area (Å²) in [6.07, 6.45) is 0. The lowest BCUT2D eigenvalue weighted by molar-refractivity contribution is 0.415. The number of hydrogen-bond acceptors (Lipinski definition) is 5. The van der Waals surface area contributed by atoms with Crippen molar-refractivity contribution in [3.8, 4) is 51.5 Å². The number of methoxy groups -OCH3 is 1. The van der Waals surface area contributed by atoms with Crippen LogP contribution in [0.3, 0.4) is 0 Å². The molecule has 2 aromatic heterocycles. The molecule has 2 heterocycles. The zero-order valence-corrected chi connectivity index (χ0v) is 20.0. The van der Waals surface area contributed by atoms with Crippen molar-refractivity contribution in [2.24, 2.45) is 0 Å². The van der Waals surface area contributed by atoms with Crippen molar-refractivity contribution in [1.82, 2.24) is 4.57 Å². The number of nitriles is 3. The molecule has 0 N–H and O–H groups in total. The molecule has 0 fully saturated rings. The lowest BCUT2D eigenvalue weighted by atomic mass is 10.1. The molecule has 0 radical (unpaired) electrons. The number of benzene rings is 2. The van der Waals surface area contributed by atoms with Crippen LogP contribution in [0.5, 0.6) is 5.75 Å². The Balaban J connectivity index is 1.96. The highest BCUT2D eigenvalue weighted by Crippen LogP contribution is 2.41. The molecule has 0 saturated heterocycles. The van der Waals surface area contributed by atoms with Crippen molar-refractivity contribution in [2.75, 3.05) is 7.11 Å². The molecule has 34 heavy (non-hydrogen) atoms. The van der Waals surface area contributed by atoms with Gasteiger partial charge >= 0.3 is 0 Å². The van der Waals surface area contributed by atoms with Crippen molar-refractivity contribution in [1.29, 1.82) is 15.8 Å². The third-order valence-corrected chi connectivity index (χ3v) is 6.85. The number of rotatable bonds is 5. The van der Waals surface area contributed by atoms with Crippen LogP contribution in [0, 0.1) is 34.0 Å². The normalized spacial score (nSPS) is 10.1. The second-order valence-electron chi connectivity index (χ2n) is 6.99. The molecule has 0 saturated carbocycles. The summed E-state index contributed by atoms with van der Waals surface area (Å²) in [4.78, 5) is 1.34. The predicted molar refractivity (Wildman–Crippen MR) is 135 cm³/mol. The Labute approximate surface area is 210 Å². The summed E-state index contributed by atoms with van der Waals surface area (Å²) in [6.45, 7) is 0. The molecule has 0 atom stereocenters. The molecule has 0 aliphatic rings. The lowest BCUT2D eigenvalue weighted by Crippen LogP contribution is -2.00. The summed E-state index contributed by atoms with van der Waals surface area (Å²) in [7, 11) is 1.61. The van der Waals surface area contributed by atoms with E-state index < -0.39 is 0 Å². The first-order valence-electron chi connectivity index (χ1n) is 9.88. The molecule has 5 nitrogen and oxygen atoms in total. The van der Waals surface area contributed by atoms with Gasteiger partial charge in [0, 0.05) is 4.88 Å². The number of nitrogens with zero attached hydrogens (tertiary/aromatic N) is 4. The minimum atomic E-state index is -0.223. The van der Waals surface area contributed by atoms with E-state index in [1.165, 1.54) is 11.3 Å². The molecule has 8 heteroatoms. The van der Waals surface area contributed by atoms with E-state index in [4.69, 9.17) is 27.9 Å². The molecule has 0 unspecified atom stereocenters. The van der Waals surface area contributed by atoms with Crippen molar-refractivity contribution >= 4 is 40.1 Å². The van der Waals surface area contributed by atoms with Crippen LogP contribution in [0.1, 0.15) is 4.88 Å². The largest absolute Gasteiger partial charge is 0.497 e. The van der Waals surface area contributed by atoms with E-state index in [9.17, 15) is 15.8 Å². The highest BCUT2D eigenvalue weighted by atomic mass is 35.5. The van der Waals surface area contributed by atoms with Crippen LogP contribution in [-0.4, -0.2) is 11.7 Å². The Hall–Kier alpha value is -3.99. The molecular weight excluding hydrogens is 487 g/mol. The fraction of sp³-hybridized carbons (Fsp3) is 0.0385. The Morgan fingerprint density at radius 3 is 2.06 bits per heavy atom. The first-order valence-corrected chi connectivity index (χ1v) is 11.4. The number of allylic oxidation sites excluding steroid dienone is 2.